The van der Waals surface area contributed by atoms with Gasteiger partial charge in [0.1, 0.15) is 17.7 Å². The first-order valence-corrected chi connectivity index (χ1v) is 5.78. The molecule has 88 valence electrons. The highest BCUT2D eigenvalue weighted by atomic mass is 16.3. The number of benzene rings is 1. The molecule has 2 aromatic rings. The number of nitrogens with zero attached hydrogens (tertiary/aromatic N) is 2. The van der Waals surface area contributed by atoms with Crippen molar-refractivity contribution in [3.8, 4) is 17.0 Å². The van der Waals surface area contributed by atoms with Crippen molar-refractivity contribution < 1.29 is 10.2 Å². The lowest BCUT2D eigenvalue weighted by Crippen LogP contribution is -2.14. The van der Waals surface area contributed by atoms with E-state index in [2.05, 4.69) is 4.98 Å². The standard InChI is InChI=1S/C13H14N2O2/c16-10-4-1-3-9(7-10)11-8-15-6-2-5-12(17)13(15)14-11/h1,3-4,7-8,12,16-17H,2,5-6H2. The quantitative estimate of drug-likeness (QED) is 0.788. The molecule has 2 heterocycles. The normalized spacial score (nSPS) is 19.0. The number of aliphatic hydroxyl groups excluding tert-OH is 1. The summed E-state index contributed by atoms with van der Waals surface area (Å²) in [5.41, 5.74) is 1.68. The molecular formula is C13H14N2O2. The monoisotopic (exact) mass is 230 g/mol. The molecule has 3 rings (SSSR count). The van der Waals surface area contributed by atoms with Crippen LogP contribution in [0.15, 0.2) is 30.5 Å². The summed E-state index contributed by atoms with van der Waals surface area (Å²) in [7, 11) is 0. The van der Waals surface area contributed by atoms with Crippen LogP contribution in [0, 0.1) is 0 Å². The number of aryl methyl sites for hydroxylation is 1. The van der Waals surface area contributed by atoms with Crippen molar-refractivity contribution in [1.29, 1.82) is 0 Å². The molecule has 1 unspecified atom stereocenters. The van der Waals surface area contributed by atoms with E-state index in [1.807, 2.05) is 16.8 Å². The third-order valence-electron chi connectivity index (χ3n) is 3.12. The molecule has 4 heteroatoms. The first-order chi connectivity index (χ1) is 8.24. The van der Waals surface area contributed by atoms with Crippen molar-refractivity contribution in [3.05, 3.63) is 36.3 Å². The molecule has 0 bridgehead atoms. The highest BCUT2D eigenvalue weighted by Gasteiger charge is 2.21. The largest absolute Gasteiger partial charge is 0.508 e. The zero-order chi connectivity index (χ0) is 11.8. The van der Waals surface area contributed by atoms with E-state index in [4.69, 9.17) is 0 Å². The fourth-order valence-corrected chi connectivity index (χ4v) is 2.26. The van der Waals surface area contributed by atoms with Gasteiger partial charge >= 0.3 is 0 Å². The van der Waals surface area contributed by atoms with Crippen LogP contribution in [0.3, 0.4) is 0 Å². The van der Waals surface area contributed by atoms with Crippen LogP contribution in [0.1, 0.15) is 24.8 Å². The number of aromatic nitrogens is 2. The highest BCUT2D eigenvalue weighted by molar-refractivity contribution is 5.60. The summed E-state index contributed by atoms with van der Waals surface area (Å²) in [6.07, 6.45) is 3.22. The molecule has 0 saturated carbocycles. The Balaban J connectivity index is 2.05. The average molecular weight is 230 g/mol. The molecule has 1 aromatic carbocycles. The third kappa shape index (κ3) is 1.80. The number of imidazole rings is 1. The highest BCUT2D eigenvalue weighted by Crippen LogP contribution is 2.29. The lowest BCUT2D eigenvalue weighted by Gasteiger charge is -2.18. The summed E-state index contributed by atoms with van der Waals surface area (Å²) in [6, 6.07) is 7.01. The fourth-order valence-electron chi connectivity index (χ4n) is 2.26. The summed E-state index contributed by atoms with van der Waals surface area (Å²) in [5.74, 6) is 0.962. The predicted octanol–water partition coefficient (Wildman–Crippen LogP) is 2.08. The Kier molecular flexibility index (Phi) is 2.37. The minimum absolute atomic E-state index is 0.231. The Hall–Kier alpha value is -1.81. The third-order valence-corrected chi connectivity index (χ3v) is 3.12. The number of phenols is 1. The Morgan fingerprint density at radius 1 is 1.35 bits per heavy atom. The lowest BCUT2D eigenvalue weighted by atomic mass is 10.1. The molecule has 0 aliphatic carbocycles. The second-order valence-electron chi connectivity index (χ2n) is 4.39. The first kappa shape index (κ1) is 10.4. The van der Waals surface area contributed by atoms with E-state index in [0.717, 1.165) is 36.5 Å². The second-order valence-corrected chi connectivity index (χ2v) is 4.39. The van der Waals surface area contributed by atoms with Crippen LogP contribution < -0.4 is 0 Å². The van der Waals surface area contributed by atoms with Gasteiger partial charge < -0.3 is 14.8 Å². The molecule has 1 aromatic heterocycles. The van der Waals surface area contributed by atoms with Gasteiger partial charge in [0.25, 0.3) is 0 Å². The first-order valence-electron chi connectivity index (χ1n) is 5.78. The van der Waals surface area contributed by atoms with Crippen LogP contribution in [-0.2, 0) is 6.54 Å². The number of hydrogen-bond donors (Lipinski definition) is 2. The predicted molar refractivity (Wildman–Crippen MR) is 63.5 cm³/mol. The number of hydrogen-bond acceptors (Lipinski definition) is 3. The number of phenolic OH excluding ortho intramolecular Hbond substituents is 1. The zero-order valence-corrected chi connectivity index (χ0v) is 9.37. The van der Waals surface area contributed by atoms with E-state index in [1.165, 1.54) is 0 Å². The molecule has 0 fully saturated rings. The van der Waals surface area contributed by atoms with Gasteiger partial charge in [0.05, 0.1) is 5.69 Å². The van der Waals surface area contributed by atoms with Gasteiger partial charge in [-0.1, -0.05) is 12.1 Å². The molecule has 0 saturated heterocycles. The Morgan fingerprint density at radius 2 is 2.24 bits per heavy atom. The summed E-state index contributed by atoms with van der Waals surface area (Å²) < 4.78 is 1.99. The summed E-state index contributed by atoms with van der Waals surface area (Å²) in [5, 5.41) is 19.3. The molecule has 0 spiro atoms. The maximum atomic E-state index is 9.84. The Labute approximate surface area is 99.2 Å². The molecule has 4 nitrogen and oxygen atoms in total. The van der Waals surface area contributed by atoms with Crippen LogP contribution >= 0.6 is 0 Å². The van der Waals surface area contributed by atoms with Crippen LogP contribution in [-0.4, -0.2) is 19.8 Å². The SMILES string of the molecule is Oc1cccc(-c2cn3c(n2)C(O)CCC3)c1. The molecule has 2 N–H and O–H groups in total. The Bertz CT molecular complexity index is 548. The van der Waals surface area contributed by atoms with Crippen molar-refractivity contribution in [3.63, 3.8) is 0 Å². The van der Waals surface area contributed by atoms with Gasteiger partial charge in [-0.05, 0) is 25.0 Å². The molecular weight excluding hydrogens is 216 g/mol. The van der Waals surface area contributed by atoms with Gasteiger partial charge in [0.2, 0.25) is 0 Å². The maximum Gasteiger partial charge on any atom is 0.138 e. The van der Waals surface area contributed by atoms with Crippen LogP contribution in [0.4, 0.5) is 0 Å². The maximum absolute atomic E-state index is 9.84. The van der Waals surface area contributed by atoms with E-state index < -0.39 is 6.10 Å². The van der Waals surface area contributed by atoms with Crippen LogP contribution in [0.25, 0.3) is 11.3 Å². The smallest absolute Gasteiger partial charge is 0.138 e. The van der Waals surface area contributed by atoms with E-state index >= 15 is 0 Å². The van der Waals surface area contributed by atoms with Crippen molar-refractivity contribution in [2.75, 3.05) is 0 Å². The van der Waals surface area contributed by atoms with Crippen molar-refractivity contribution in [2.24, 2.45) is 0 Å². The number of rotatable bonds is 1. The van der Waals surface area contributed by atoms with E-state index in [9.17, 15) is 10.2 Å². The topological polar surface area (TPSA) is 58.3 Å². The van der Waals surface area contributed by atoms with Crippen molar-refractivity contribution in [2.45, 2.75) is 25.5 Å². The molecule has 1 atom stereocenters. The summed E-state index contributed by atoms with van der Waals surface area (Å²) >= 11 is 0. The Morgan fingerprint density at radius 3 is 3.00 bits per heavy atom. The molecule has 17 heavy (non-hydrogen) atoms. The summed E-state index contributed by atoms with van der Waals surface area (Å²) in [6.45, 7) is 0.901. The molecule has 0 radical (unpaired) electrons. The van der Waals surface area contributed by atoms with Crippen molar-refractivity contribution >= 4 is 0 Å². The van der Waals surface area contributed by atoms with Gasteiger partial charge in [0.15, 0.2) is 0 Å². The zero-order valence-electron chi connectivity index (χ0n) is 9.37. The average Bonchev–Trinajstić information content (AvgIpc) is 2.74. The van der Waals surface area contributed by atoms with Gasteiger partial charge in [-0.25, -0.2) is 4.98 Å². The summed E-state index contributed by atoms with van der Waals surface area (Å²) in [4.78, 5) is 4.44. The van der Waals surface area contributed by atoms with Gasteiger partial charge in [-0.2, -0.15) is 0 Å². The van der Waals surface area contributed by atoms with Gasteiger partial charge in [-0.15, -0.1) is 0 Å². The number of aromatic hydroxyl groups is 1. The van der Waals surface area contributed by atoms with Gasteiger partial charge in [0, 0.05) is 18.3 Å². The molecule has 1 aliphatic heterocycles. The molecule has 1 aliphatic rings. The molecule has 0 amide bonds. The van der Waals surface area contributed by atoms with E-state index in [1.54, 1.807) is 18.2 Å². The second kappa shape index (κ2) is 3.89. The van der Waals surface area contributed by atoms with E-state index in [-0.39, 0.29) is 5.75 Å². The number of fused-ring (bicyclic) bond motifs is 1. The minimum Gasteiger partial charge on any atom is -0.508 e. The van der Waals surface area contributed by atoms with Crippen molar-refractivity contribution in [1.82, 2.24) is 9.55 Å². The van der Waals surface area contributed by atoms with Crippen LogP contribution in [0.2, 0.25) is 0 Å². The number of aliphatic hydroxyl groups is 1. The lowest BCUT2D eigenvalue weighted by molar-refractivity contribution is 0.134. The van der Waals surface area contributed by atoms with Crippen LogP contribution in [0.5, 0.6) is 5.75 Å². The minimum atomic E-state index is -0.463. The van der Waals surface area contributed by atoms with Gasteiger partial charge in [-0.3, -0.25) is 0 Å². The van der Waals surface area contributed by atoms with E-state index in [0.29, 0.717) is 0 Å². The fraction of sp³-hybridized carbons (Fsp3) is 0.308.